The summed E-state index contributed by atoms with van der Waals surface area (Å²) in [5.41, 5.74) is 3.21. The molecule has 28 heavy (non-hydrogen) atoms. The largest absolute Gasteiger partial charge is 0.478 e. The lowest BCUT2D eigenvalue weighted by molar-refractivity contribution is -0.124. The number of carbonyl (C=O) groups excluding carboxylic acids is 2. The van der Waals surface area contributed by atoms with Gasteiger partial charge in [-0.2, -0.15) is 0 Å². The van der Waals surface area contributed by atoms with Crippen LogP contribution >= 0.6 is 11.8 Å². The molecule has 1 aliphatic heterocycles. The lowest BCUT2D eigenvalue weighted by Crippen LogP contribution is -2.36. The highest BCUT2D eigenvalue weighted by Gasteiger charge is 2.37. The number of carbonyl (C=O) groups is 3. The predicted octanol–water partition coefficient (Wildman–Crippen LogP) is 4.63. The lowest BCUT2D eigenvalue weighted by atomic mass is 10.1. The minimum Gasteiger partial charge on any atom is -0.478 e. The maximum Gasteiger partial charge on any atom is 0.337 e. The van der Waals surface area contributed by atoms with Gasteiger partial charge in [-0.15, -0.1) is 0 Å². The molecule has 0 spiro atoms. The number of carboxylic acid groups (broad SMARTS) is 1. The molecule has 1 aliphatic rings. The normalized spacial score (nSPS) is 16.9. The van der Waals surface area contributed by atoms with Crippen molar-refractivity contribution in [1.29, 1.82) is 0 Å². The van der Waals surface area contributed by atoms with Crippen LogP contribution in [0.3, 0.4) is 0 Å². The molecule has 1 fully saturated rings. The van der Waals surface area contributed by atoms with Crippen molar-refractivity contribution in [3.63, 3.8) is 0 Å². The van der Waals surface area contributed by atoms with Gasteiger partial charge in [0.25, 0.3) is 11.1 Å². The number of carboxylic acids is 1. The summed E-state index contributed by atoms with van der Waals surface area (Å²) in [6, 6.07) is 8.54. The number of para-hydroxylation sites is 1. The smallest absolute Gasteiger partial charge is 0.337 e. The van der Waals surface area contributed by atoms with Crippen LogP contribution in [0.25, 0.3) is 11.8 Å². The molecule has 0 bridgehead atoms. The number of thioether (sulfide) groups is 1. The first-order chi connectivity index (χ1) is 13.3. The molecule has 0 unspecified atom stereocenters. The molecule has 2 amide bonds. The van der Waals surface area contributed by atoms with E-state index >= 15 is 0 Å². The standard InChI is InChI=1S/C21H22N2O4S/c1-5-12(2)23-19(24)18(28-21(23)27)11-15-10-13(3)22(14(15)4)17-9-7-6-8-16(17)20(25)26/h6-12H,5H2,1-4H3,(H,25,26)/b18-11+/t12-/m0/s1. The zero-order chi connectivity index (χ0) is 20.6. The number of amides is 2. The summed E-state index contributed by atoms with van der Waals surface area (Å²) in [4.78, 5) is 38.2. The Morgan fingerprint density at radius 3 is 2.57 bits per heavy atom. The third-order valence-corrected chi connectivity index (χ3v) is 5.87. The summed E-state index contributed by atoms with van der Waals surface area (Å²) in [5.74, 6) is -1.28. The summed E-state index contributed by atoms with van der Waals surface area (Å²) >= 11 is 0.943. The van der Waals surface area contributed by atoms with Crippen LogP contribution in [-0.4, -0.2) is 37.7 Å². The molecular formula is C21H22N2O4S. The molecule has 0 saturated carbocycles. The second-order valence-corrected chi connectivity index (χ2v) is 7.79. The Morgan fingerprint density at radius 1 is 1.25 bits per heavy atom. The molecule has 1 N–H and O–H groups in total. The minimum atomic E-state index is -1.00. The Labute approximate surface area is 167 Å². The second-order valence-electron chi connectivity index (χ2n) is 6.79. The number of imide groups is 1. The molecular weight excluding hydrogens is 376 g/mol. The fourth-order valence-corrected chi connectivity index (χ4v) is 4.26. The van der Waals surface area contributed by atoms with E-state index in [1.807, 2.05) is 38.3 Å². The number of benzene rings is 1. The fraction of sp³-hybridized carbons (Fsp3) is 0.286. The van der Waals surface area contributed by atoms with Crippen molar-refractivity contribution in [2.24, 2.45) is 0 Å². The van der Waals surface area contributed by atoms with Gasteiger partial charge < -0.3 is 9.67 Å². The van der Waals surface area contributed by atoms with E-state index in [1.165, 1.54) is 4.90 Å². The Bertz CT molecular complexity index is 1010. The number of nitrogens with zero attached hydrogens (tertiary/aromatic N) is 2. The first-order valence-electron chi connectivity index (χ1n) is 9.05. The van der Waals surface area contributed by atoms with E-state index in [1.54, 1.807) is 30.3 Å². The molecule has 0 aliphatic carbocycles. The summed E-state index contributed by atoms with van der Waals surface area (Å²) < 4.78 is 1.86. The van der Waals surface area contributed by atoms with Gasteiger partial charge in [0, 0.05) is 17.4 Å². The maximum absolute atomic E-state index is 12.7. The minimum absolute atomic E-state index is 0.145. The Balaban J connectivity index is 2.05. The van der Waals surface area contributed by atoms with E-state index in [9.17, 15) is 19.5 Å². The molecule has 1 saturated heterocycles. The van der Waals surface area contributed by atoms with Gasteiger partial charge in [-0.1, -0.05) is 19.1 Å². The van der Waals surface area contributed by atoms with Crippen LogP contribution in [0.15, 0.2) is 35.2 Å². The molecule has 3 rings (SSSR count). The van der Waals surface area contributed by atoms with Gasteiger partial charge in [0.05, 0.1) is 16.2 Å². The van der Waals surface area contributed by atoms with Gasteiger partial charge in [0.2, 0.25) is 0 Å². The average molecular weight is 398 g/mol. The first kappa shape index (κ1) is 19.9. The highest BCUT2D eigenvalue weighted by molar-refractivity contribution is 8.18. The van der Waals surface area contributed by atoms with E-state index in [2.05, 4.69) is 0 Å². The number of aryl methyl sites for hydroxylation is 1. The topological polar surface area (TPSA) is 79.6 Å². The van der Waals surface area contributed by atoms with Crippen LogP contribution in [0.5, 0.6) is 0 Å². The molecule has 1 aromatic heterocycles. The summed E-state index contributed by atoms with van der Waals surface area (Å²) in [6.45, 7) is 7.55. The second kappa shape index (κ2) is 7.67. The predicted molar refractivity (Wildman–Crippen MR) is 110 cm³/mol. The van der Waals surface area contributed by atoms with E-state index < -0.39 is 5.97 Å². The average Bonchev–Trinajstić information content (AvgIpc) is 3.09. The monoisotopic (exact) mass is 398 g/mol. The van der Waals surface area contributed by atoms with Crippen LogP contribution in [-0.2, 0) is 4.79 Å². The molecule has 0 radical (unpaired) electrons. The van der Waals surface area contributed by atoms with Crippen LogP contribution < -0.4 is 0 Å². The third-order valence-electron chi connectivity index (χ3n) is 4.99. The number of hydrogen-bond donors (Lipinski definition) is 1. The summed E-state index contributed by atoms with van der Waals surface area (Å²) in [7, 11) is 0. The van der Waals surface area contributed by atoms with Crippen molar-refractivity contribution in [2.45, 2.75) is 40.2 Å². The fourth-order valence-electron chi connectivity index (χ4n) is 3.34. The molecule has 1 aromatic carbocycles. The van der Waals surface area contributed by atoms with Crippen molar-refractivity contribution in [2.75, 3.05) is 0 Å². The quantitative estimate of drug-likeness (QED) is 0.743. The van der Waals surface area contributed by atoms with E-state index in [0.29, 0.717) is 17.0 Å². The molecule has 6 nitrogen and oxygen atoms in total. The van der Waals surface area contributed by atoms with Crippen molar-refractivity contribution >= 4 is 35.0 Å². The van der Waals surface area contributed by atoms with E-state index in [0.717, 1.165) is 28.7 Å². The lowest BCUT2D eigenvalue weighted by Gasteiger charge is -2.19. The van der Waals surface area contributed by atoms with Gasteiger partial charge >= 0.3 is 5.97 Å². The van der Waals surface area contributed by atoms with Crippen molar-refractivity contribution in [3.05, 3.63) is 57.8 Å². The molecule has 146 valence electrons. The maximum atomic E-state index is 12.7. The summed E-state index contributed by atoms with van der Waals surface area (Å²) in [5, 5.41) is 9.24. The summed E-state index contributed by atoms with van der Waals surface area (Å²) in [6.07, 6.45) is 2.42. The highest BCUT2D eigenvalue weighted by atomic mass is 32.2. The zero-order valence-corrected chi connectivity index (χ0v) is 17.0. The number of aromatic nitrogens is 1. The number of rotatable bonds is 5. The van der Waals surface area contributed by atoms with Gasteiger partial charge in [0.1, 0.15) is 0 Å². The number of aromatic carboxylic acids is 1. The Morgan fingerprint density at radius 2 is 1.93 bits per heavy atom. The molecule has 2 aromatic rings. The van der Waals surface area contributed by atoms with Crippen molar-refractivity contribution in [3.8, 4) is 5.69 Å². The zero-order valence-electron chi connectivity index (χ0n) is 16.2. The van der Waals surface area contributed by atoms with Crippen LogP contribution in [0, 0.1) is 13.8 Å². The molecule has 7 heteroatoms. The van der Waals surface area contributed by atoms with Crippen LogP contribution in [0.4, 0.5) is 4.79 Å². The SMILES string of the molecule is CC[C@H](C)N1C(=O)S/C(=C/c2cc(C)n(-c3ccccc3C(=O)O)c2C)C1=O. The van der Waals surface area contributed by atoms with Crippen LogP contribution in [0.2, 0.25) is 0 Å². The van der Waals surface area contributed by atoms with Gasteiger partial charge in [0.15, 0.2) is 0 Å². The van der Waals surface area contributed by atoms with Gasteiger partial charge in [-0.05, 0) is 68.8 Å². The molecule has 1 atom stereocenters. The third kappa shape index (κ3) is 3.38. The molecule has 2 heterocycles. The van der Waals surface area contributed by atoms with Crippen LogP contribution in [0.1, 0.15) is 47.6 Å². The van der Waals surface area contributed by atoms with Gasteiger partial charge in [-0.3, -0.25) is 14.5 Å². The van der Waals surface area contributed by atoms with Crippen molar-refractivity contribution < 1.29 is 19.5 Å². The highest BCUT2D eigenvalue weighted by Crippen LogP contribution is 2.35. The Hall–Kier alpha value is -2.80. The van der Waals surface area contributed by atoms with Crippen molar-refractivity contribution in [1.82, 2.24) is 9.47 Å². The van der Waals surface area contributed by atoms with E-state index in [4.69, 9.17) is 0 Å². The number of hydrogen-bond acceptors (Lipinski definition) is 4. The Kier molecular flexibility index (Phi) is 5.47. The van der Waals surface area contributed by atoms with E-state index in [-0.39, 0.29) is 22.8 Å². The van der Waals surface area contributed by atoms with Gasteiger partial charge in [-0.25, -0.2) is 4.79 Å². The first-order valence-corrected chi connectivity index (χ1v) is 9.86.